The number of hydrogen-bond acceptors (Lipinski definition) is 0. The van der Waals surface area contributed by atoms with Gasteiger partial charge in [-0.25, -0.2) is 0 Å². The van der Waals surface area contributed by atoms with Crippen molar-refractivity contribution < 1.29 is 0 Å². The molecule has 0 aromatic heterocycles. The summed E-state index contributed by atoms with van der Waals surface area (Å²) in [6.07, 6.45) is 29.6. The zero-order valence-electron chi connectivity index (χ0n) is 16.3. The molecule has 1 saturated carbocycles. The van der Waals surface area contributed by atoms with E-state index < -0.39 is 0 Å². The highest BCUT2D eigenvalue weighted by Crippen LogP contribution is 2.30. The van der Waals surface area contributed by atoms with E-state index >= 15 is 0 Å². The van der Waals surface area contributed by atoms with Gasteiger partial charge in [0.15, 0.2) is 0 Å². The fraction of sp³-hybridized carbons (Fsp3) is 0.520. The van der Waals surface area contributed by atoms with Crippen molar-refractivity contribution in [1.82, 2.24) is 0 Å². The van der Waals surface area contributed by atoms with Crippen LogP contribution >= 0.6 is 0 Å². The summed E-state index contributed by atoms with van der Waals surface area (Å²) in [7, 11) is 0. The molecular formula is C25H36. The van der Waals surface area contributed by atoms with Crippen molar-refractivity contribution in [3.05, 3.63) is 71.9 Å². The van der Waals surface area contributed by atoms with E-state index in [-0.39, 0.29) is 0 Å². The zero-order chi connectivity index (χ0) is 17.9. The first kappa shape index (κ1) is 19.8. The molecule has 0 aliphatic heterocycles. The molecule has 1 atom stereocenters. The topological polar surface area (TPSA) is 0 Å². The highest BCUT2D eigenvalue weighted by molar-refractivity contribution is 5.42. The van der Waals surface area contributed by atoms with E-state index in [4.69, 9.17) is 0 Å². The molecule has 0 nitrogen and oxygen atoms in total. The SMILES string of the molecule is C=C1\C=C/C=C\C=C/C=C\1CC(/C=C(\C)CCCC1CCCC1)CC. The Bertz CT molecular complexity index is 559. The second-order valence-electron chi connectivity index (χ2n) is 7.77. The first-order valence-corrected chi connectivity index (χ1v) is 10.3. The quantitative estimate of drug-likeness (QED) is 0.395. The molecule has 1 unspecified atom stereocenters. The minimum absolute atomic E-state index is 0.616. The molecule has 136 valence electrons. The molecule has 0 heterocycles. The summed E-state index contributed by atoms with van der Waals surface area (Å²) in [6, 6.07) is 0. The molecule has 0 heteroatoms. The first-order valence-electron chi connectivity index (χ1n) is 10.3. The molecule has 0 N–H and O–H groups in total. The first-order chi connectivity index (χ1) is 12.2. The molecule has 0 aromatic carbocycles. The van der Waals surface area contributed by atoms with Gasteiger partial charge in [-0.05, 0) is 55.6 Å². The maximum atomic E-state index is 4.26. The van der Waals surface area contributed by atoms with Crippen molar-refractivity contribution in [1.29, 1.82) is 0 Å². The van der Waals surface area contributed by atoms with E-state index in [9.17, 15) is 0 Å². The standard InChI is InChI=1S/C25H36/c1-4-23(19-21(2)13-12-17-24-15-10-11-16-24)20-25-18-9-7-5-6-8-14-22(25)3/h5-9,14,18-19,23-24H,3-4,10-13,15-17,20H2,1-2H3/b6-5-,9-7-,14-8-,21-19+,25-18-. The van der Waals surface area contributed by atoms with Crippen molar-refractivity contribution >= 4 is 0 Å². The van der Waals surface area contributed by atoms with Gasteiger partial charge in [-0.3, -0.25) is 0 Å². The van der Waals surface area contributed by atoms with E-state index in [1.165, 1.54) is 56.9 Å². The lowest BCUT2D eigenvalue weighted by atomic mass is 9.90. The largest absolute Gasteiger partial charge is 0.0915 e. The van der Waals surface area contributed by atoms with Crippen LogP contribution in [0.1, 0.15) is 71.6 Å². The lowest BCUT2D eigenvalue weighted by molar-refractivity contribution is 0.482. The third-order valence-electron chi connectivity index (χ3n) is 5.64. The van der Waals surface area contributed by atoms with Gasteiger partial charge in [0.25, 0.3) is 0 Å². The van der Waals surface area contributed by atoms with Gasteiger partial charge < -0.3 is 0 Å². The van der Waals surface area contributed by atoms with Crippen LogP contribution in [-0.2, 0) is 0 Å². The Balaban J connectivity index is 1.87. The highest BCUT2D eigenvalue weighted by atomic mass is 14.2. The van der Waals surface area contributed by atoms with E-state index in [0.717, 1.165) is 17.9 Å². The summed E-state index contributed by atoms with van der Waals surface area (Å²) in [5, 5.41) is 0. The number of allylic oxidation sites excluding steroid dienone is 11. The Morgan fingerprint density at radius 1 is 1.16 bits per heavy atom. The Kier molecular flexibility index (Phi) is 8.80. The molecule has 0 saturated heterocycles. The lowest BCUT2D eigenvalue weighted by Crippen LogP contribution is -2.00. The van der Waals surface area contributed by atoms with Gasteiger partial charge in [0, 0.05) is 0 Å². The Labute approximate surface area is 155 Å². The molecule has 2 rings (SSSR count). The molecule has 0 aromatic rings. The molecule has 0 spiro atoms. The van der Waals surface area contributed by atoms with Crippen molar-refractivity contribution in [2.75, 3.05) is 0 Å². The molecule has 1 fully saturated rings. The van der Waals surface area contributed by atoms with E-state index in [1.54, 1.807) is 5.57 Å². The van der Waals surface area contributed by atoms with Crippen molar-refractivity contribution in [2.24, 2.45) is 11.8 Å². The van der Waals surface area contributed by atoms with E-state index in [0.29, 0.717) is 5.92 Å². The van der Waals surface area contributed by atoms with Crippen LogP contribution in [0.4, 0.5) is 0 Å². The molecule has 2 aliphatic carbocycles. The van der Waals surface area contributed by atoms with Gasteiger partial charge in [-0.1, -0.05) is 99.8 Å². The predicted molar refractivity (Wildman–Crippen MR) is 113 cm³/mol. The van der Waals surface area contributed by atoms with Crippen LogP contribution in [0.3, 0.4) is 0 Å². The normalized spacial score (nSPS) is 26.2. The maximum absolute atomic E-state index is 4.26. The average Bonchev–Trinajstić information content (AvgIpc) is 3.13. The Hall–Kier alpha value is -1.56. The zero-order valence-corrected chi connectivity index (χ0v) is 16.3. The van der Waals surface area contributed by atoms with Crippen LogP contribution < -0.4 is 0 Å². The Morgan fingerprint density at radius 3 is 2.64 bits per heavy atom. The van der Waals surface area contributed by atoms with Crippen molar-refractivity contribution in [2.45, 2.75) is 71.6 Å². The minimum Gasteiger partial charge on any atom is -0.0915 e. The van der Waals surface area contributed by atoms with E-state index in [2.05, 4.69) is 69.0 Å². The van der Waals surface area contributed by atoms with Crippen LogP contribution in [0.5, 0.6) is 0 Å². The third kappa shape index (κ3) is 7.46. The summed E-state index contributed by atoms with van der Waals surface area (Å²) < 4.78 is 0. The lowest BCUT2D eigenvalue weighted by Gasteiger charge is -2.16. The second-order valence-corrected chi connectivity index (χ2v) is 7.77. The van der Waals surface area contributed by atoms with Crippen LogP contribution in [0.15, 0.2) is 71.9 Å². The monoisotopic (exact) mass is 336 g/mol. The summed E-state index contributed by atoms with van der Waals surface area (Å²) in [6.45, 7) is 8.89. The average molecular weight is 337 g/mol. The molecule has 0 bridgehead atoms. The molecule has 25 heavy (non-hydrogen) atoms. The number of rotatable bonds is 8. The maximum Gasteiger partial charge on any atom is -0.0193 e. The fourth-order valence-corrected chi connectivity index (χ4v) is 4.01. The van der Waals surface area contributed by atoms with Gasteiger partial charge in [0.05, 0.1) is 0 Å². The van der Waals surface area contributed by atoms with Crippen LogP contribution in [-0.4, -0.2) is 0 Å². The third-order valence-corrected chi connectivity index (χ3v) is 5.64. The fourth-order valence-electron chi connectivity index (χ4n) is 4.01. The number of hydrogen-bond donors (Lipinski definition) is 0. The molecule has 0 radical (unpaired) electrons. The van der Waals surface area contributed by atoms with Crippen LogP contribution in [0.2, 0.25) is 0 Å². The molecular weight excluding hydrogens is 300 g/mol. The van der Waals surface area contributed by atoms with Crippen molar-refractivity contribution in [3.63, 3.8) is 0 Å². The highest BCUT2D eigenvalue weighted by Gasteiger charge is 2.14. The summed E-state index contributed by atoms with van der Waals surface area (Å²) in [5.41, 5.74) is 4.08. The van der Waals surface area contributed by atoms with Gasteiger partial charge >= 0.3 is 0 Å². The predicted octanol–water partition coefficient (Wildman–Crippen LogP) is 7.87. The van der Waals surface area contributed by atoms with Gasteiger partial charge in [0.1, 0.15) is 0 Å². The summed E-state index contributed by atoms with van der Waals surface area (Å²) in [5.74, 6) is 1.64. The van der Waals surface area contributed by atoms with Crippen LogP contribution in [0.25, 0.3) is 0 Å². The van der Waals surface area contributed by atoms with Crippen LogP contribution in [0, 0.1) is 11.8 Å². The van der Waals surface area contributed by atoms with Gasteiger partial charge in [-0.2, -0.15) is 0 Å². The Morgan fingerprint density at radius 2 is 1.88 bits per heavy atom. The molecule has 2 aliphatic rings. The van der Waals surface area contributed by atoms with Crippen molar-refractivity contribution in [3.8, 4) is 0 Å². The summed E-state index contributed by atoms with van der Waals surface area (Å²) in [4.78, 5) is 0. The van der Waals surface area contributed by atoms with E-state index in [1.807, 2.05) is 0 Å². The summed E-state index contributed by atoms with van der Waals surface area (Å²) >= 11 is 0. The smallest absolute Gasteiger partial charge is 0.0193 e. The van der Waals surface area contributed by atoms with Gasteiger partial charge in [0.2, 0.25) is 0 Å². The second kappa shape index (κ2) is 11.1. The van der Waals surface area contributed by atoms with Gasteiger partial charge in [-0.15, -0.1) is 0 Å². The minimum atomic E-state index is 0.616. The molecule has 0 amide bonds.